The fourth-order valence-electron chi connectivity index (χ4n) is 3.90. The maximum Gasteiger partial charge on any atom is 0.245 e. The molecule has 1 aromatic carbocycles. The fraction of sp³-hybridized carbons (Fsp3) is 0.550. The predicted molar refractivity (Wildman–Crippen MR) is 98.0 cm³/mol. The molecule has 1 unspecified atom stereocenters. The van der Waals surface area contributed by atoms with Gasteiger partial charge in [0, 0.05) is 46.2 Å². The van der Waals surface area contributed by atoms with Crippen LogP contribution in [0.2, 0.25) is 0 Å². The van der Waals surface area contributed by atoms with Crippen LogP contribution in [0.3, 0.4) is 0 Å². The zero-order chi connectivity index (χ0) is 18.5. The van der Waals surface area contributed by atoms with E-state index in [1.165, 1.54) is 5.56 Å². The van der Waals surface area contributed by atoms with E-state index in [0.29, 0.717) is 18.7 Å². The second-order valence-electron chi connectivity index (χ2n) is 7.13. The van der Waals surface area contributed by atoms with Crippen molar-refractivity contribution < 1.29 is 9.59 Å². The van der Waals surface area contributed by atoms with Crippen LogP contribution < -0.4 is 0 Å². The summed E-state index contributed by atoms with van der Waals surface area (Å²) in [7, 11) is 0. The van der Waals surface area contributed by atoms with Crippen molar-refractivity contribution in [1.82, 2.24) is 14.7 Å². The Kier molecular flexibility index (Phi) is 5.89. The Balaban J connectivity index is 1.56. The van der Waals surface area contributed by atoms with Gasteiger partial charge in [0.15, 0.2) is 0 Å². The molecule has 26 heavy (non-hydrogen) atoms. The number of nitriles is 1. The van der Waals surface area contributed by atoms with Gasteiger partial charge >= 0.3 is 0 Å². The molecule has 0 aliphatic carbocycles. The summed E-state index contributed by atoms with van der Waals surface area (Å²) in [6, 6.07) is 9.56. The van der Waals surface area contributed by atoms with E-state index in [-0.39, 0.29) is 17.9 Å². The average Bonchev–Trinajstić information content (AvgIpc) is 3.03. The number of carbonyl (C=O) groups excluding carboxylic acids is 2. The first-order valence-electron chi connectivity index (χ1n) is 9.36. The van der Waals surface area contributed by atoms with E-state index in [9.17, 15) is 9.59 Å². The Morgan fingerprint density at radius 3 is 2.54 bits per heavy atom. The summed E-state index contributed by atoms with van der Waals surface area (Å²) in [6.07, 6.45) is 2.63. The van der Waals surface area contributed by atoms with Crippen molar-refractivity contribution in [3.05, 3.63) is 35.4 Å². The maximum absolute atomic E-state index is 12.9. The summed E-state index contributed by atoms with van der Waals surface area (Å²) < 4.78 is 0. The van der Waals surface area contributed by atoms with E-state index in [1.807, 2.05) is 29.2 Å². The highest BCUT2D eigenvalue weighted by Gasteiger charge is 2.35. The number of carbonyl (C=O) groups is 2. The van der Waals surface area contributed by atoms with Crippen molar-refractivity contribution in [3.63, 3.8) is 0 Å². The van der Waals surface area contributed by atoms with Crippen LogP contribution in [0.25, 0.3) is 0 Å². The van der Waals surface area contributed by atoms with Crippen molar-refractivity contribution in [2.75, 3.05) is 32.7 Å². The first-order chi connectivity index (χ1) is 12.6. The zero-order valence-electron chi connectivity index (χ0n) is 15.4. The van der Waals surface area contributed by atoms with Gasteiger partial charge in [0.2, 0.25) is 11.8 Å². The summed E-state index contributed by atoms with van der Waals surface area (Å²) in [5.74, 6) is 0.107. The molecule has 2 fully saturated rings. The van der Waals surface area contributed by atoms with Crippen molar-refractivity contribution >= 4 is 11.8 Å². The third-order valence-electron chi connectivity index (χ3n) is 5.33. The molecular formula is C20H26N4O2. The minimum atomic E-state index is -0.266. The largest absolute Gasteiger partial charge is 0.340 e. The molecule has 1 aromatic rings. The third kappa shape index (κ3) is 4.23. The maximum atomic E-state index is 12.9. The van der Waals surface area contributed by atoms with Gasteiger partial charge in [0.1, 0.15) is 6.04 Å². The van der Waals surface area contributed by atoms with Crippen LogP contribution in [0.15, 0.2) is 24.3 Å². The lowest BCUT2D eigenvalue weighted by Crippen LogP contribution is -2.48. The normalized spacial score (nSPS) is 21.3. The number of likely N-dealkylation sites (tertiary alicyclic amines) is 1. The Hall–Kier alpha value is -2.39. The van der Waals surface area contributed by atoms with Crippen molar-refractivity contribution in [2.24, 2.45) is 0 Å². The average molecular weight is 354 g/mol. The number of hydrogen-bond donors (Lipinski definition) is 0. The number of amides is 2. The summed E-state index contributed by atoms with van der Waals surface area (Å²) >= 11 is 0. The molecule has 0 saturated carbocycles. The lowest BCUT2D eigenvalue weighted by Gasteiger charge is -2.29. The van der Waals surface area contributed by atoms with E-state index < -0.39 is 0 Å². The van der Waals surface area contributed by atoms with E-state index in [4.69, 9.17) is 5.26 Å². The van der Waals surface area contributed by atoms with E-state index in [2.05, 4.69) is 11.0 Å². The SMILES string of the molecule is CC(=O)N1CCCC1C(=O)N1CCCN(Cc2ccc(C#N)cc2)CC1. The molecule has 6 nitrogen and oxygen atoms in total. The molecule has 2 saturated heterocycles. The van der Waals surface area contributed by atoms with Gasteiger partial charge in [0.05, 0.1) is 11.6 Å². The molecule has 6 heteroatoms. The number of rotatable bonds is 3. The number of nitrogens with zero attached hydrogens (tertiary/aromatic N) is 4. The highest BCUT2D eigenvalue weighted by Crippen LogP contribution is 2.20. The number of benzene rings is 1. The van der Waals surface area contributed by atoms with Gasteiger partial charge in [-0.3, -0.25) is 14.5 Å². The monoisotopic (exact) mass is 354 g/mol. The molecule has 138 valence electrons. The molecule has 0 radical (unpaired) electrons. The molecule has 2 aliphatic heterocycles. The molecule has 2 heterocycles. The van der Waals surface area contributed by atoms with Gasteiger partial charge in [-0.1, -0.05) is 12.1 Å². The van der Waals surface area contributed by atoms with Gasteiger partial charge < -0.3 is 9.80 Å². The molecule has 2 aliphatic rings. The second-order valence-corrected chi connectivity index (χ2v) is 7.13. The summed E-state index contributed by atoms with van der Waals surface area (Å²) in [5, 5.41) is 8.89. The molecule has 0 N–H and O–H groups in total. The minimum absolute atomic E-state index is 0.00175. The fourth-order valence-corrected chi connectivity index (χ4v) is 3.90. The Morgan fingerprint density at radius 2 is 1.85 bits per heavy atom. The standard InChI is InChI=1S/C20H26N4O2/c1-16(25)24-11-2-4-19(24)20(26)23-10-3-9-22(12-13-23)15-18-7-5-17(14-21)6-8-18/h5-8,19H,2-4,9-13,15H2,1H3. The summed E-state index contributed by atoms with van der Waals surface area (Å²) in [4.78, 5) is 30.6. The first kappa shape index (κ1) is 18.4. The van der Waals surface area contributed by atoms with Crippen molar-refractivity contribution in [2.45, 2.75) is 38.8 Å². The van der Waals surface area contributed by atoms with Crippen molar-refractivity contribution in [3.8, 4) is 6.07 Å². The number of hydrogen-bond acceptors (Lipinski definition) is 4. The molecule has 3 rings (SSSR count). The van der Waals surface area contributed by atoms with Crippen LogP contribution in [0.1, 0.15) is 37.3 Å². The van der Waals surface area contributed by atoms with Crippen LogP contribution >= 0.6 is 0 Å². The lowest BCUT2D eigenvalue weighted by atomic mass is 10.1. The molecule has 2 amide bonds. The van der Waals surface area contributed by atoms with E-state index in [0.717, 1.165) is 45.4 Å². The van der Waals surface area contributed by atoms with Crippen LogP contribution in [0.5, 0.6) is 0 Å². The molecule has 0 spiro atoms. The molecule has 1 atom stereocenters. The third-order valence-corrected chi connectivity index (χ3v) is 5.33. The van der Waals surface area contributed by atoms with Gasteiger partial charge in [0.25, 0.3) is 0 Å². The van der Waals surface area contributed by atoms with Gasteiger partial charge in [-0.2, -0.15) is 5.26 Å². The van der Waals surface area contributed by atoms with Gasteiger partial charge in [-0.15, -0.1) is 0 Å². The highest BCUT2D eigenvalue weighted by molar-refractivity contribution is 5.87. The zero-order valence-corrected chi connectivity index (χ0v) is 15.4. The Morgan fingerprint density at radius 1 is 1.08 bits per heavy atom. The van der Waals surface area contributed by atoms with E-state index >= 15 is 0 Å². The molecule has 0 aromatic heterocycles. The van der Waals surface area contributed by atoms with Crippen LogP contribution in [0.4, 0.5) is 0 Å². The topological polar surface area (TPSA) is 67.7 Å². The van der Waals surface area contributed by atoms with Gasteiger partial charge in [-0.05, 0) is 37.0 Å². The summed E-state index contributed by atoms with van der Waals surface area (Å²) in [5.41, 5.74) is 1.86. The highest BCUT2D eigenvalue weighted by atomic mass is 16.2. The molecule has 0 bridgehead atoms. The lowest BCUT2D eigenvalue weighted by molar-refractivity contribution is -0.142. The second kappa shape index (κ2) is 8.33. The van der Waals surface area contributed by atoms with Crippen LogP contribution in [-0.4, -0.2) is 65.3 Å². The first-order valence-corrected chi connectivity index (χ1v) is 9.36. The van der Waals surface area contributed by atoms with Crippen molar-refractivity contribution in [1.29, 1.82) is 5.26 Å². The van der Waals surface area contributed by atoms with Gasteiger partial charge in [-0.25, -0.2) is 0 Å². The minimum Gasteiger partial charge on any atom is -0.340 e. The Bertz CT molecular complexity index is 695. The smallest absolute Gasteiger partial charge is 0.245 e. The summed E-state index contributed by atoms with van der Waals surface area (Å²) in [6.45, 7) is 6.32. The Labute approximate surface area is 155 Å². The van der Waals surface area contributed by atoms with Crippen LogP contribution in [0, 0.1) is 11.3 Å². The quantitative estimate of drug-likeness (QED) is 0.827. The predicted octanol–water partition coefficient (Wildman–Crippen LogP) is 1.60. The van der Waals surface area contributed by atoms with Crippen LogP contribution in [-0.2, 0) is 16.1 Å². The molecular weight excluding hydrogens is 328 g/mol. The van der Waals surface area contributed by atoms with E-state index in [1.54, 1.807) is 11.8 Å².